The van der Waals surface area contributed by atoms with Crippen LogP contribution in [0.4, 0.5) is 0 Å². The third-order valence-electron chi connectivity index (χ3n) is 17.5. The summed E-state index contributed by atoms with van der Waals surface area (Å²) in [6.45, 7) is 10.5. The second kappa shape index (κ2) is 20.5. The van der Waals surface area contributed by atoms with E-state index in [1.807, 2.05) is 121 Å². The smallest absolute Gasteiger partial charge is 0.334 e. The Kier molecular flexibility index (Phi) is 14.0. The van der Waals surface area contributed by atoms with Gasteiger partial charge in [0, 0.05) is 35.2 Å². The van der Waals surface area contributed by atoms with Gasteiger partial charge in [-0.3, -0.25) is 9.59 Å². The van der Waals surface area contributed by atoms with Crippen LogP contribution >= 0.6 is 0 Å². The first-order chi connectivity index (χ1) is 35.4. The number of ether oxygens (including phenoxy) is 10. The first-order valence-corrected chi connectivity index (χ1v) is 26.3. The maximum atomic E-state index is 14.2. The number of carbonyl (C=O) groups excluding carboxylic acids is 3. The lowest BCUT2D eigenvalue weighted by Crippen LogP contribution is -2.73. The lowest BCUT2D eigenvalue weighted by molar-refractivity contribution is -0.320. The number of benzene rings is 4. The van der Waals surface area contributed by atoms with Crippen LogP contribution in [-0.2, 0) is 88.2 Å². The molecule has 13 atom stereocenters. The Bertz CT molecular complexity index is 2630. The quantitative estimate of drug-likeness (QED) is 0.0472. The molecule has 3 saturated heterocycles. The highest BCUT2D eigenvalue weighted by Gasteiger charge is 2.93. The van der Waals surface area contributed by atoms with Crippen molar-refractivity contribution < 1.29 is 61.8 Å². The molecule has 1 spiro atoms. The summed E-state index contributed by atoms with van der Waals surface area (Å²) in [6, 6.07) is 39.4. The van der Waals surface area contributed by atoms with Crippen LogP contribution in [0.2, 0.25) is 0 Å². The van der Waals surface area contributed by atoms with Crippen LogP contribution < -0.4 is 0 Å². The second-order valence-corrected chi connectivity index (χ2v) is 21.9. The predicted octanol–water partition coefficient (Wildman–Crippen LogP) is 9.18. The molecule has 13 nitrogen and oxygen atoms in total. The van der Waals surface area contributed by atoms with Crippen molar-refractivity contribution in [3.8, 4) is 0 Å². The van der Waals surface area contributed by atoms with Crippen LogP contribution in [0.3, 0.4) is 0 Å². The van der Waals surface area contributed by atoms with Gasteiger partial charge in [0.05, 0.1) is 45.7 Å². The van der Waals surface area contributed by atoms with Crippen LogP contribution in [0.25, 0.3) is 0 Å². The van der Waals surface area contributed by atoms with Crippen molar-refractivity contribution in [2.24, 2.45) is 28.6 Å². The molecule has 0 amide bonds. The van der Waals surface area contributed by atoms with E-state index >= 15 is 0 Å². The molecule has 0 radical (unpaired) electrons. The van der Waals surface area contributed by atoms with E-state index in [1.165, 1.54) is 0 Å². The summed E-state index contributed by atoms with van der Waals surface area (Å²) in [5.74, 6) is -0.798. The van der Waals surface area contributed by atoms with Crippen molar-refractivity contribution in [3.05, 3.63) is 155 Å². The number of esters is 3. The fraction of sp³-hybridized carbons (Fsp3) is 0.517. The van der Waals surface area contributed by atoms with Gasteiger partial charge in [-0.2, -0.15) is 0 Å². The van der Waals surface area contributed by atoms with E-state index in [9.17, 15) is 14.4 Å². The van der Waals surface area contributed by atoms with Crippen LogP contribution in [0.5, 0.6) is 0 Å². The first-order valence-electron chi connectivity index (χ1n) is 26.3. The number of fused-ring (bicyclic) bond motifs is 4. The van der Waals surface area contributed by atoms with Gasteiger partial charge in [0.15, 0.2) is 0 Å². The minimum Gasteiger partial charge on any atom is -0.459 e. The molecular weight excluding hydrogens is 929 g/mol. The van der Waals surface area contributed by atoms with Crippen molar-refractivity contribution in [2.75, 3.05) is 19.8 Å². The molecule has 2 saturated carbocycles. The minimum absolute atomic E-state index is 0.0129. The summed E-state index contributed by atoms with van der Waals surface area (Å²) in [5, 5.41) is 0. The van der Waals surface area contributed by atoms with Crippen LogP contribution in [-0.4, -0.2) is 91.8 Å². The third kappa shape index (κ3) is 9.16. The maximum Gasteiger partial charge on any atom is 0.334 e. The van der Waals surface area contributed by atoms with E-state index in [0.717, 1.165) is 46.2 Å². The van der Waals surface area contributed by atoms with E-state index in [2.05, 4.69) is 27.7 Å². The van der Waals surface area contributed by atoms with Gasteiger partial charge in [-0.15, -0.1) is 0 Å². The molecule has 5 unspecified atom stereocenters. The molecule has 386 valence electrons. The maximum absolute atomic E-state index is 14.2. The highest BCUT2D eigenvalue weighted by atomic mass is 16.7. The molecule has 7 aliphatic rings. The third-order valence-corrected chi connectivity index (χ3v) is 17.5. The molecule has 4 aromatic rings. The summed E-state index contributed by atoms with van der Waals surface area (Å²) in [4.78, 5) is 41.1. The van der Waals surface area contributed by atoms with Gasteiger partial charge in [-0.1, -0.05) is 142 Å². The van der Waals surface area contributed by atoms with Crippen molar-refractivity contribution >= 4 is 17.9 Å². The summed E-state index contributed by atoms with van der Waals surface area (Å²) < 4.78 is 65.9. The average molecular weight is 997 g/mol. The van der Waals surface area contributed by atoms with E-state index in [-0.39, 0.29) is 86.3 Å². The molecule has 0 aromatic heterocycles. The molecule has 0 N–H and O–H groups in total. The molecule has 13 heteroatoms. The largest absolute Gasteiger partial charge is 0.459 e. The number of carbonyl (C=O) groups is 3. The van der Waals surface area contributed by atoms with Gasteiger partial charge in [0.25, 0.3) is 0 Å². The van der Waals surface area contributed by atoms with Crippen LogP contribution in [0.1, 0.15) is 88.5 Å². The Labute approximate surface area is 428 Å². The fourth-order valence-corrected chi connectivity index (χ4v) is 13.6. The molecule has 4 aromatic carbocycles. The zero-order valence-electron chi connectivity index (χ0n) is 42.3. The summed E-state index contributed by atoms with van der Waals surface area (Å²) in [6.07, 6.45) is -2.62. The van der Waals surface area contributed by atoms with E-state index in [1.54, 1.807) is 0 Å². The molecule has 0 bridgehead atoms. The Hall–Kier alpha value is -5.25. The normalized spacial score (nSPS) is 34.6. The van der Waals surface area contributed by atoms with Crippen LogP contribution in [0.15, 0.2) is 132 Å². The van der Waals surface area contributed by atoms with Crippen molar-refractivity contribution in [1.29, 1.82) is 0 Å². The summed E-state index contributed by atoms with van der Waals surface area (Å²) >= 11 is 0. The van der Waals surface area contributed by atoms with Gasteiger partial charge in [0.1, 0.15) is 48.3 Å². The van der Waals surface area contributed by atoms with Crippen LogP contribution in [0, 0.1) is 28.6 Å². The number of cyclic esters (lactones) is 1. The number of hydrogen-bond donors (Lipinski definition) is 0. The zero-order valence-corrected chi connectivity index (χ0v) is 42.3. The Morgan fingerprint density at radius 3 is 1.84 bits per heavy atom. The average Bonchev–Trinajstić information content (AvgIpc) is 4.31. The molecule has 4 aliphatic heterocycles. The standard InChI is InChI=1S/C60H68O13/c1-38(2)59-30-45(59)53-60(73-53)57(3)29-28-43-44(35-68-54(43)63)46(57)36-69-58(60,4)56(59)72-49(62)27-17-26-48(61)71-55-52(67-34-42-24-15-8-16-25-42)51(66-33-41-22-13-7-14-23-41)50(65-32-40-20-11-6-12-21-40)47(70-55)37-64-31-39-18-9-5-10-19-39/h5-16,18-25,38,45-47,50-53,55-56H,17,26-37H2,1-4H3/t45-,46-,47?,50?,51?,52?,53-,55?,56-,57-,58+,59+,60+/m0/s1. The van der Waals surface area contributed by atoms with Gasteiger partial charge in [0.2, 0.25) is 6.29 Å². The highest BCUT2D eigenvalue weighted by Crippen LogP contribution is 2.82. The minimum atomic E-state index is -1.22. The van der Waals surface area contributed by atoms with E-state index < -0.39 is 60.0 Å². The van der Waals surface area contributed by atoms with Gasteiger partial charge in [-0.25, -0.2) is 4.79 Å². The van der Waals surface area contributed by atoms with Gasteiger partial charge in [-0.05, 0) is 72.3 Å². The Morgan fingerprint density at radius 2 is 1.25 bits per heavy atom. The Balaban J connectivity index is 0.809. The predicted molar refractivity (Wildman–Crippen MR) is 266 cm³/mol. The molecule has 4 heterocycles. The highest BCUT2D eigenvalue weighted by molar-refractivity contribution is 5.92. The van der Waals surface area contributed by atoms with Crippen molar-refractivity contribution in [3.63, 3.8) is 0 Å². The van der Waals surface area contributed by atoms with E-state index in [4.69, 9.17) is 47.4 Å². The van der Waals surface area contributed by atoms with Gasteiger partial charge >= 0.3 is 17.9 Å². The lowest BCUT2D eigenvalue weighted by Gasteiger charge is -2.61. The SMILES string of the molecule is CC(C)[C@]12C[C@H]1[C@@H]1O[C@@]13[C@@]1(C)CCC4=C(COC4=O)[C@@H]1CO[C@]3(C)[C@@H]2OC(=O)CCCC(=O)OC1OC(COCc2ccccc2)C(OCc2ccccc2)C(OCc2ccccc2)C1OCc1ccccc1. The van der Waals surface area contributed by atoms with E-state index in [0.29, 0.717) is 26.2 Å². The van der Waals surface area contributed by atoms with Crippen molar-refractivity contribution in [2.45, 2.75) is 147 Å². The topological polar surface area (TPSA) is 147 Å². The summed E-state index contributed by atoms with van der Waals surface area (Å²) in [5.41, 5.74) is 3.39. The lowest BCUT2D eigenvalue weighted by atomic mass is 9.49. The monoisotopic (exact) mass is 996 g/mol. The second-order valence-electron chi connectivity index (χ2n) is 21.9. The number of hydrogen-bond acceptors (Lipinski definition) is 13. The van der Waals surface area contributed by atoms with Gasteiger partial charge < -0.3 is 47.4 Å². The molecule has 73 heavy (non-hydrogen) atoms. The molecule has 11 rings (SSSR count). The first kappa shape index (κ1) is 49.9. The molecule has 5 fully saturated rings. The Morgan fingerprint density at radius 1 is 0.699 bits per heavy atom. The zero-order chi connectivity index (χ0) is 50.4. The molecular formula is C60H68O13. The molecule has 3 aliphatic carbocycles. The number of rotatable bonds is 20. The summed E-state index contributed by atoms with van der Waals surface area (Å²) in [7, 11) is 0. The van der Waals surface area contributed by atoms with Crippen molar-refractivity contribution in [1.82, 2.24) is 0 Å². The fourth-order valence-electron chi connectivity index (χ4n) is 13.6. The number of epoxide rings is 1.